The highest BCUT2D eigenvalue weighted by Crippen LogP contribution is 2.41. The maximum absolute atomic E-state index is 12.9. The average molecular weight is 335 g/mol. The van der Waals surface area contributed by atoms with Gasteiger partial charge in [-0.05, 0) is 18.1 Å². The van der Waals surface area contributed by atoms with Crippen molar-refractivity contribution >= 4 is 17.7 Å². The smallest absolute Gasteiger partial charge is 0.341 e. The first kappa shape index (κ1) is 17.1. The topological polar surface area (TPSA) is 55.7 Å². The standard InChI is InChI=1S/C21H21NO3/c1-15(23)13-19(18-11-7-4-8-12-18)21(20(24)25-16(2)22-21)14-17-9-5-3-6-10-17/h3-12,19H,13-14H2,1-2H3/t19-,21-/m1/s1. The van der Waals surface area contributed by atoms with Crippen LogP contribution in [0.2, 0.25) is 0 Å². The monoisotopic (exact) mass is 335 g/mol. The van der Waals surface area contributed by atoms with E-state index < -0.39 is 5.54 Å². The minimum Gasteiger partial charge on any atom is -0.410 e. The number of carbonyl (C=O) groups is 2. The van der Waals surface area contributed by atoms with E-state index in [1.807, 2.05) is 60.7 Å². The molecule has 4 nitrogen and oxygen atoms in total. The van der Waals surface area contributed by atoms with Gasteiger partial charge in [-0.3, -0.25) is 0 Å². The quantitative estimate of drug-likeness (QED) is 0.756. The van der Waals surface area contributed by atoms with Gasteiger partial charge in [0, 0.05) is 25.7 Å². The van der Waals surface area contributed by atoms with Crippen molar-refractivity contribution in [2.75, 3.05) is 0 Å². The Morgan fingerprint density at radius 3 is 2.20 bits per heavy atom. The van der Waals surface area contributed by atoms with Gasteiger partial charge in [-0.2, -0.15) is 0 Å². The zero-order chi connectivity index (χ0) is 17.9. The molecular formula is C21H21NO3. The molecule has 0 bridgehead atoms. The molecule has 0 saturated carbocycles. The summed E-state index contributed by atoms with van der Waals surface area (Å²) in [4.78, 5) is 29.4. The van der Waals surface area contributed by atoms with Crippen molar-refractivity contribution in [3.8, 4) is 0 Å². The third-order valence-corrected chi connectivity index (χ3v) is 4.54. The van der Waals surface area contributed by atoms with E-state index in [2.05, 4.69) is 4.99 Å². The molecule has 25 heavy (non-hydrogen) atoms. The average Bonchev–Trinajstić information content (AvgIpc) is 2.88. The number of esters is 1. The van der Waals surface area contributed by atoms with Crippen molar-refractivity contribution in [1.82, 2.24) is 0 Å². The Morgan fingerprint density at radius 1 is 1.08 bits per heavy atom. The highest BCUT2D eigenvalue weighted by Gasteiger charge is 2.52. The second-order valence-corrected chi connectivity index (χ2v) is 6.48. The largest absolute Gasteiger partial charge is 0.410 e. The first-order valence-corrected chi connectivity index (χ1v) is 8.38. The number of carbonyl (C=O) groups excluding carboxylic acids is 2. The van der Waals surface area contributed by atoms with Gasteiger partial charge in [0.15, 0.2) is 11.4 Å². The summed E-state index contributed by atoms with van der Waals surface area (Å²) in [5, 5.41) is 0. The van der Waals surface area contributed by atoms with E-state index in [1.54, 1.807) is 13.8 Å². The Bertz CT molecular complexity index is 798. The van der Waals surface area contributed by atoms with Gasteiger partial charge in [-0.1, -0.05) is 60.7 Å². The van der Waals surface area contributed by atoms with Gasteiger partial charge < -0.3 is 9.53 Å². The molecule has 2 aromatic rings. The van der Waals surface area contributed by atoms with Crippen molar-refractivity contribution < 1.29 is 14.3 Å². The van der Waals surface area contributed by atoms with Gasteiger partial charge in [-0.25, -0.2) is 9.79 Å². The van der Waals surface area contributed by atoms with Gasteiger partial charge in [0.2, 0.25) is 0 Å². The fraction of sp³-hybridized carbons (Fsp3) is 0.286. The lowest BCUT2D eigenvalue weighted by atomic mass is 9.73. The third-order valence-electron chi connectivity index (χ3n) is 4.54. The number of aliphatic imine (C=N–C) groups is 1. The number of nitrogens with zero attached hydrogens (tertiary/aromatic N) is 1. The third kappa shape index (κ3) is 3.53. The van der Waals surface area contributed by atoms with E-state index in [-0.39, 0.29) is 24.1 Å². The maximum Gasteiger partial charge on any atom is 0.341 e. The summed E-state index contributed by atoms with van der Waals surface area (Å²) in [7, 11) is 0. The van der Waals surface area contributed by atoms with Crippen LogP contribution in [-0.2, 0) is 20.7 Å². The molecule has 0 saturated heterocycles. The lowest BCUT2D eigenvalue weighted by Crippen LogP contribution is -2.43. The maximum atomic E-state index is 12.9. The minimum atomic E-state index is -1.11. The van der Waals surface area contributed by atoms with Gasteiger partial charge in [-0.15, -0.1) is 0 Å². The summed E-state index contributed by atoms with van der Waals surface area (Å²) in [5.41, 5.74) is 0.796. The molecule has 2 atom stereocenters. The number of benzene rings is 2. The minimum absolute atomic E-state index is 0.0221. The van der Waals surface area contributed by atoms with E-state index in [9.17, 15) is 9.59 Å². The zero-order valence-corrected chi connectivity index (χ0v) is 14.4. The van der Waals surface area contributed by atoms with Gasteiger partial charge in [0.1, 0.15) is 5.78 Å². The molecule has 2 aromatic carbocycles. The van der Waals surface area contributed by atoms with Crippen LogP contribution in [0.5, 0.6) is 0 Å². The summed E-state index contributed by atoms with van der Waals surface area (Å²) in [6, 6.07) is 19.4. The van der Waals surface area contributed by atoms with Gasteiger partial charge in [0.05, 0.1) is 0 Å². The Labute approximate surface area is 147 Å². The molecule has 0 unspecified atom stereocenters. The molecule has 0 N–H and O–H groups in total. The van der Waals surface area contributed by atoms with Crippen molar-refractivity contribution in [3.63, 3.8) is 0 Å². The highest BCUT2D eigenvalue weighted by molar-refractivity contribution is 6.00. The molecular weight excluding hydrogens is 314 g/mol. The lowest BCUT2D eigenvalue weighted by Gasteiger charge is -2.31. The van der Waals surface area contributed by atoms with Crippen LogP contribution in [0.4, 0.5) is 0 Å². The molecule has 128 valence electrons. The first-order valence-electron chi connectivity index (χ1n) is 8.38. The van der Waals surface area contributed by atoms with Crippen molar-refractivity contribution in [2.45, 2.75) is 38.1 Å². The van der Waals surface area contributed by atoms with E-state index in [1.165, 1.54) is 0 Å². The molecule has 0 radical (unpaired) electrons. The van der Waals surface area contributed by atoms with Crippen molar-refractivity contribution in [2.24, 2.45) is 4.99 Å². The Morgan fingerprint density at radius 2 is 1.68 bits per heavy atom. The molecule has 3 rings (SSSR count). The number of hydrogen-bond acceptors (Lipinski definition) is 4. The Kier molecular flexibility index (Phi) is 4.79. The van der Waals surface area contributed by atoms with Crippen molar-refractivity contribution in [1.29, 1.82) is 0 Å². The normalized spacial score (nSPS) is 20.7. The second-order valence-electron chi connectivity index (χ2n) is 6.48. The second kappa shape index (κ2) is 7.01. The fourth-order valence-corrected chi connectivity index (χ4v) is 3.47. The molecule has 1 heterocycles. The lowest BCUT2D eigenvalue weighted by molar-refractivity contribution is -0.140. The van der Waals surface area contributed by atoms with Crippen LogP contribution in [0.1, 0.15) is 37.3 Å². The van der Waals surface area contributed by atoms with Crippen LogP contribution in [0.15, 0.2) is 65.7 Å². The molecule has 1 aliphatic rings. The number of ether oxygens (including phenoxy) is 1. The number of ketones is 1. The Balaban J connectivity index is 2.11. The number of rotatable bonds is 6. The summed E-state index contributed by atoms with van der Waals surface area (Å²) >= 11 is 0. The molecule has 0 fully saturated rings. The summed E-state index contributed by atoms with van der Waals surface area (Å²) < 4.78 is 5.33. The predicted octanol–water partition coefficient (Wildman–Crippen LogP) is 3.71. The van der Waals surface area contributed by atoms with Crippen LogP contribution < -0.4 is 0 Å². The number of Topliss-reactive ketones (excluding diaryl/α,β-unsaturated/α-hetero) is 1. The number of cyclic esters (lactones) is 1. The van der Waals surface area contributed by atoms with Crippen LogP contribution in [0.25, 0.3) is 0 Å². The molecule has 0 aliphatic carbocycles. The molecule has 0 spiro atoms. The van der Waals surface area contributed by atoms with Gasteiger partial charge in [0.25, 0.3) is 0 Å². The highest BCUT2D eigenvalue weighted by atomic mass is 16.6. The SMILES string of the molecule is CC(=O)C[C@H](c1ccccc1)[C@@]1(Cc2ccccc2)N=C(C)OC1=O. The van der Waals surface area contributed by atoms with E-state index in [0.29, 0.717) is 12.3 Å². The molecule has 0 amide bonds. The summed E-state index contributed by atoms with van der Waals surface area (Å²) in [6.07, 6.45) is 0.638. The summed E-state index contributed by atoms with van der Waals surface area (Å²) in [6.45, 7) is 3.23. The first-order chi connectivity index (χ1) is 12.0. The van der Waals surface area contributed by atoms with Crippen LogP contribution >= 0.6 is 0 Å². The Hall–Kier alpha value is -2.75. The predicted molar refractivity (Wildman–Crippen MR) is 96.6 cm³/mol. The molecule has 1 aliphatic heterocycles. The van der Waals surface area contributed by atoms with E-state index in [0.717, 1.165) is 11.1 Å². The summed E-state index contributed by atoms with van der Waals surface area (Å²) in [5.74, 6) is -0.375. The van der Waals surface area contributed by atoms with Crippen molar-refractivity contribution in [3.05, 3.63) is 71.8 Å². The van der Waals surface area contributed by atoms with E-state index >= 15 is 0 Å². The molecule has 4 heteroatoms. The fourth-order valence-electron chi connectivity index (χ4n) is 3.47. The van der Waals surface area contributed by atoms with Crippen LogP contribution in [0, 0.1) is 0 Å². The van der Waals surface area contributed by atoms with Crippen LogP contribution in [-0.4, -0.2) is 23.2 Å². The van der Waals surface area contributed by atoms with Gasteiger partial charge >= 0.3 is 5.97 Å². The van der Waals surface area contributed by atoms with Crippen LogP contribution in [0.3, 0.4) is 0 Å². The number of hydrogen-bond donors (Lipinski definition) is 0. The zero-order valence-electron chi connectivity index (χ0n) is 14.4. The molecule has 0 aromatic heterocycles. The van der Waals surface area contributed by atoms with E-state index in [4.69, 9.17) is 4.74 Å².